The molecule has 1 rings (SSSR count). The molecule has 4 heteroatoms. The average molecular weight is 193 g/mol. The maximum absolute atomic E-state index is 3.30. The van der Waals surface area contributed by atoms with E-state index in [0.29, 0.717) is 0 Å². The Morgan fingerprint density at radius 2 is 0.700 bits per heavy atom. The summed E-state index contributed by atoms with van der Waals surface area (Å²) in [4.78, 5) is 0. The Morgan fingerprint density at radius 3 is 0.900 bits per heavy atom. The van der Waals surface area contributed by atoms with Gasteiger partial charge in [-0.2, -0.15) is 0 Å². The van der Waals surface area contributed by atoms with Crippen LogP contribution in [0.4, 0.5) is 0 Å². The van der Waals surface area contributed by atoms with Crippen LogP contribution < -0.4 is 16.0 Å². The molecule has 0 bridgehead atoms. The van der Waals surface area contributed by atoms with Crippen molar-refractivity contribution in [3.8, 4) is 0 Å². The number of hydrogen-bond donors (Lipinski definition) is 3. The van der Waals surface area contributed by atoms with Crippen molar-refractivity contribution in [2.24, 2.45) is 0 Å². The van der Waals surface area contributed by atoms with Gasteiger partial charge in [-0.1, -0.05) is 0 Å². The topological polar surface area (TPSA) is 36.1 Å². The first-order valence-corrected chi connectivity index (χ1v) is 3.62. The molecule has 1 aliphatic heterocycles. The van der Waals surface area contributed by atoms with Gasteiger partial charge in [-0.3, -0.25) is 0 Å². The monoisotopic (exact) mass is 192 g/mol. The zero-order chi connectivity index (χ0) is 6.36. The van der Waals surface area contributed by atoms with Crippen molar-refractivity contribution in [2.45, 2.75) is 0 Å². The van der Waals surface area contributed by atoms with Crippen LogP contribution >= 0.6 is 0 Å². The van der Waals surface area contributed by atoms with Crippen molar-refractivity contribution in [1.29, 1.82) is 0 Å². The van der Waals surface area contributed by atoms with E-state index in [0.717, 1.165) is 39.3 Å². The fraction of sp³-hybridized carbons (Fsp3) is 1.00. The predicted octanol–water partition coefficient (Wildman–Crippen LogP) is -1.23. The molecule has 1 heterocycles. The van der Waals surface area contributed by atoms with Gasteiger partial charge >= 0.3 is 17.1 Å². The van der Waals surface area contributed by atoms with Crippen molar-refractivity contribution in [3.05, 3.63) is 0 Å². The smallest absolute Gasteiger partial charge is 0.314 e. The van der Waals surface area contributed by atoms with Crippen molar-refractivity contribution < 1.29 is 17.1 Å². The summed E-state index contributed by atoms with van der Waals surface area (Å²) in [6.07, 6.45) is 0. The summed E-state index contributed by atoms with van der Waals surface area (Å²) in [6.45, 7) is 6.59. The van der Waals surface area contributed by atoms with E-state index in [1.54, 1.807) is 0 Å². The molecular formula is C6H15CuN3+2. The molecule has 0 aromatic heterocycles. The van der Waals surface area contributed by atoms with E-state index < -0.39 is 0 Å². The second-order valence-corrected chi connectivity index (χ2v) is 2.25. The molecular weight excluding hydrogens is 178 g/mol. The molecule has 1 aliphatic rings. The average Bonchev–Trinajstić information content (AvgIpc) is 2.00. The van der Waals surface area contributed by atoms with Crippen molar-refractivity contribution >= 4 is 0 Å². The maximum Gasteiger partial charge on any atom is 2.00 e. The zero-order valence-corrected chi connectivity index (χ0v) is 6.99. The van der Waals surface area contributed by atoms with E-state index in [-0.39, 0.29) is 17.1 Å². The third kappa shape index (κ3) is 5.21. The van der Waals surface area contributed by atoms with Gasteiger partial charge < -0.3 is 16.0 Å². The molecule has 0 unspecified atom stereocenters. The van der Waals surface area contributed by atoms with E-state index in [1.807, 2.05) is 0 Å². The van der Waals surface area contributed by atoms with Gasteiger partial charge in [0.2, 0.25) is 0 Å². The molecule has 3 N–H and O–H groups in total. The minimum Gasteiger partial charge on any atom is -0.314 e. The fourth-order valence-electron chi connectivity index (χ4n) is 0.905. The predicted molar refractivity (Wildman–Crippen MR) is 38.6 cm³/mol. The van der Waals surface area contributed by atoms with Crippen LogP contribution in [-0.2, 0) is 17.1 Å². The minimum atomic E-state index is 0. The molecule has 63 valence electrons. The Balaban J connectivity index is 0.000000810. The van der Waals surface area contributed by atoms with E-state index >= 15 is 0 Å². The van der Waals surface area contributed by atoms with Gasteiger partial charge in [0.05, 0.1) is 0 Å². The first-order valence-electron chi connectivity index (χ1n) is 3.62. The van der Waals surface area contributed by atoms with Crippen molar-refractivity contribution in [2.75, 3.05) is 39.3 Å². The van der Waals surface area contributed by atoms with Gasteiger partial charge in [0.1, 0.15) is 0 Å². The van der Waals surface area contributed by atoms with Crippen LogP contribution in [0.25, 0.3) is 0 Å². The van der Waals surface area contributed by atoms with Crippen LogP contribution in [0.15, 0.2) is 0 Å². The number of nitrogens with one attached hydrogen (secondary N) is 3. The minimum absolute atomic E-state index is 0. The van der Waals surface area contributed by atoms with Crippen LogP contribution in [0.3, 0.4) is 0 Å². The van der Waals surface area contributed by atoms with E-state index in [2.05, 4.69) is 16.0 Å². The van der Waals surface area contributed by atoms with Crippen LogP contribution in [0.1, 0.15) is 0 Å². The second-order valence-electron chi connectivity index (χ2n) is 2.25. The van der Waals surface area contributed by atoms with Crippen LogP contribution in [0.2, 0.25) is 0 Å². The molecule has 10 heavy (non-hydrogen) atoms. The Kier molecular flexibility index (Phi) is 7.81. The van der Waals surface area contributed by atoms with Gasteiger partial charge in [0.15, 0.2) is 0 Å². The fourth-order valence-corrected chi connectivity index (χ4v) is 0.905. The normalized spacial score (nSPS) is 21.6. The summed E-state index contributed by atoms with van der Waals surface area (Å²) < 4.78 is 0. The largest absolute Gasteiger partial charge is 2.00 e. The van der Waals surface area contributed by atoms with Gasteiger partial charge in [0, 0.05) is 39.3 Å². The van der Waals surface area contributed by atoms with Crippen LogP contribution in [0, 0.1) is 0 Å². The number of rotatable bonds is 0. The molecule has 0 amide bonds. The van der Waals surface area contributed by atoms with E-state index in [4.69, 9.17) is 0 Å². The molecule has 0 aromatic rings. The summed E-state index contributed by atoms with van der Waals surface area (Å²) in [5.74, 6) is 0. The SMILES string of the molecule is C1CNCCNCCN1.[Cu+2]. The Bertz CT molecular complexity index is 41.5. The standard InChI is InChI=1S/C6H15N3.Cu/c1-2-8-5-6-9-4-3-7-1;/h7-9H,1-6H2;/q;+2. The molecule has 0 atom stereocenters. The molecule has 1 fully saturated rings. The van der Waals surface area contributed by atoms with Gasteiger partial charge in [-0.05, 0) is 0 Å². The molecule has 3 nitrogen and oxygen atoms in total. The van der Waals surface area contributed by atoms with Crippen molar-refractivity contribution in [1.82, 2.24) is 16.0 Å². The van der Waals surface area contributed by atoms with Gasteiger partial charge in [0.25, 0.3) is 0 Å². The Morgan fingerprint density at radius 1 is 0.500 bits per heavy atom. The molecule has 0 aromatic carbocycles. The van der Waals surface area contributed by atoms with Crippen LogP contribution in [0.5, 0.6) is 0 Å². The summed E-state index contributed by atoms with van der Waals surface area (Å²) in [5.41, 5.74) is 0. The van der Waals surface area contributed by atoms with Crippen molar-refractivity contribution in [3.63, 3.8) is 0 Å². The first-order chi connectivity index (χ1) is 4.50. The molecule has 0 aliphatic carbocycles. The molecule has 1 radical (unpaired) electrons. The Labute approximate surface area is 72.8 Å². The molecule has 0 spiro atoms. The summed E-state index contributed by atoms with van der Waals surface area (Å²) in [6, 6.07) is 0. The van der Waals surface area contributed by atoms with Gasteiger partial charge in [-0.15, -0.1) is 0 Å². The maximum atomic E-state index is 3.30. The quantitative estimate of drug-likeness (QED) is 0.421. The molecule has 1 saturated heterocycles. The second kappa shape index (κ2) is 7.51. The summed E-state index contributed by atoms with van der Waals surface area (Å²) in [5, 5.41) is 9.91. The van der Waals surface area contributed by atoms with Gasteiger partial charge in [-0.25, -0.2) is 0 Å². The van der Waals surface area contributed by atoms with Crippen LogP contribution in [-0.4, -0.2) is 39.3 Å². The summed E-state index contributed by atoms with van der Waals surface area (Å²) in [7, 11) is 0. The number of hydrogen-bond acceptors (Lipinski definition) is 3. The zero-order valence-electron chi connectivity index (χ0n) is 6.04. The third-order valence-corrected chi connectivity index (χ3v) is 1.44. The third-order valence-electron chi connectivity index (χ3n) is 1.44. The summed E-state index contributed by atoms with van der Waals surface area (Å²) >= 11 is 0. The molecule has 0 saturated carbocycles. The van der Waals surface area contributed by atoms with E-state index in [9.17, 15) is 0 Å². The Hall–Kier alpha value is 0.399. The van der Waals surface area contributed by atoms with E-state index in [1.165, 1.54) is 0 Å². The first kappa shape index (κ1) is 10.4.